The number of anilines is 2. The van der Waals surface area contributed by atoms with Crippen LogP contribution in [0.3, 0.4) is 0 Å². The van der Waals surface area contributed by atoms with Crippen molar-refractivity contribution in [2.24, 2.45) is 17.6 Å². The summed E-state index contributed by atoms with van der Waals surface area (Å²) < 4.78 is 2.55. The molecule has 1 saturated heterocycles. The van der Waals surface area contributed by atoms with E-state index in [9.17, 15) is 0 Å². The highest BCUT2D eigenvalue weighted by Gasteiger charge is 2.57. The number of halogens is 1. The molecule has 1 saturated carbocycles. The van der Waals surface area contributed by atoms with Gasteiger partial charge >= 0.3 is 0 Å². The van der Waals surface area contributed by atoms with E-state index in [1.165, 1.54) is 0 Å². The number of hydrogen-bond donors (Lipinski definition) is 3. The van der Waals surface area contributed by atoms with E-state index in [4.69, 9.17) is 15.7 Å². The summed E-state index contributed by atoms with van der Waals surface area (Å²) in [6.45, 7) is 3.61. The molecule has 1 aromatic carbocycles. The van der Waals surface area contributed by atoms with Crippen LogP contribution >= 0.6 is 15.9 Å². The Morgan fingerprint density at radius 2 is 2.14 bits per heavy atom. The number of benzene rings is 1. The normalized spacial score (nSPS) is 25.7. The topological polar surface area (TPSA) is 113 Å². The van der Waals surface area contributed by atoms with E-state index in [1.54, 1.807) is 10.7 Å². The third-order valence-corrected chi connectivity index (χ3v) is 6.83. The number of hydrogen-bond acceptors (Lipinski definition) is 7. The summed E-state index contributed by atoms with van der Waals surface area (Å²) in [7, 11) is 0. The van der Waals surface area contributed by atoms with Gasteiger partial charge in [-0.2, -0.15) is 19.6 Å². The highest BCUT2D eigenvalue weighted by atomic mass is 79.9. The zero-order chi connectivity index (χ0) is 19.7. The first-order valence-corrected chi connectivity index (χ1v) is 10.5. The molecule has 0 bridgehead atoms. The molecule has 9 nitrogen and oxygen atoms in total. The van der Waals surface area contributed by atoms with Crippen LogP contribution < -0.4 is 16.0 Å². The van der Waals surface area contributed by atoms with Crippen molar-refractivity contribution < 1.29 is 0 Å². The SMILES string of the molecule is C[C@H]1C2[C@H](CN2c2nc(NCc3nc4ccccc4[nH]3)n3ncc(Br)c3n2)[C@@H]1N. The molecule has 1 unspecified atom stereocenters. The smallest absolute Gasteiger partial charge is 0.231 e. The van der Waals surface area contributed by atoms with E-state index in [-0.39, 0.29) is 6.04 Å². The highest BCUT2D eigenvalue weighted by molar-refractivity contribution is 9.10. The average molecular weight is 454 g/mol. The highest BCUT2D eigenvalue weighted by Crippen LogP contribution is 2.46. The number of rotatable bonds is 4. The Morgan fingerprint density at radius 3 is 2.97 bits per heavy atom. The molecule has 0 spiro atoms. The molecule has 2 aliphatic rings. The lowest BCUT2D eigenvalue weighted by molar-refractivity contribution is 0.0455. The Kier molecular flexibility index (Phi) is 3.63. The van der Waals surface area contributed by atoms with Crippen LogP contribution in [0.15, 0.2) is 34.9 Å². The molecule has 2 fully saturated rings. The van der Waals surface area contributed by atoms with Crippen molar-refractivity contribution in [2.75, 3.05) is 16.8 Å². The van der Waals surface area contributed by atoms with Gasteiger partial charge in [0.25, 0.3) is 0 Å². The molecule has 10 heteroatoms. The van der Waals surface area contributed by atoms with Crippen molar-refractivity contribution in [1.29, 1.82) is 0 Å². The molecular weight excluding hydrogens is 434 g/mol. The molecule has 1 aliphatic heterocycles. The summed E-state index contributed by atoms with van der Waals surface area (Å²) in [5, 5.41) is 7.77. The van der Waals surface area contributed by atoms with Crippen molar-refractivity contribution in [1.82, 2.24) is 29.5 Å². The Bertz CT molecular complexity index is 1190. The minimum Gasteiger partial charge on any atom is -0.347 e. The number of nitrogens with two attached hydrogens (primary N) is 1. The van der Waals surface area contributed by atoms with Gasteiger partial charge in [0.05, 0.1) is 28.2 Å². The molecule has 4 heterocycles. The average Bonchev–Trinajstić information content (AvgIpc) is 3.29. The van der Waals surface area contributed by atoms with Crippen molar-refractivity contribution in [3.05, 3.63) is 40.8 Å². The predicted molar refractivity (Wildman–Crippen MR) is 114 cm³/mol. The van der Waals surface area contributed by atoms with Gasteiger partial charge in [-0.25, -0.2) is 4.98 Å². The van der Waals surface area contributed by atoms with E-state index in [0.717, 1.165) is 33.5 Å². The van der Waals surface area contributed by atoms with Crippen LogP contribution in [-0.4, -0.2) is 48.2 Å². The Balaban J connectivity index is 1.32. The minimum absolute atomic E-state index is 0.285. The molecule has 4 N–H and O–H groups in total. The minimum atomic E-state index is 0.285. The number of piperidine rings is 1. The van der Waals surface area contributed by atoms with Crippen LogP contribution in [0, 0.1) is 11.8 Å². The number of imidazole rings is 1. The van der Waals surface area contributed by atoms with E-state index in [1.807, 2.05) is 24.3 Å². The van der Waals surface area contributed by atoms with Crippen molar-refractivity contribution in [3.8, 4) is 0 Å². The van der Waals surface area contributed by atoms with Crippen molar-refractivity contribution in [2.45, 2.75) is 25.6 Å². The molecule has 1 aliphatic carbocycles. The van der Waals surface area contributed by atoms with Crippen LogP contribution in [0.4, 0.5) is 11.9 Å². The van der Waals surface area contributed by atoms with E-state index < -0.39 is 0 Å². The maximum Gasteiger partial charge on any atom is 0.231 e. The molecule has 29 heavy (non-hydrogen) atoms. The maximum absolute atomic E-state index is 6.21. The Morgan fingerprint density at radius 1 is 1.28 bits per heavy atom. The molecule has 148 valence electrons. The molecule has 4 aromatic rings. The maximum atomic E-state index is 6.21. The van der Waals surface area contributed by atoms with Crippen molar-refractivity contribution >= 4 is 44.5 Å². The number of para-hydroxylation sites is 2. The first kappa shape index (κ1) is 17.2. The van der Waals surface area contributed by atoms with Crippen LogP contribution in [-0.2, 0) is 6.54 Å². The summed E-state index contributed by atoms with van der Waals surface area (Å²) >= 11 is 3.55. The third kappa shape index (κ3) is 2.48. The summed E-state index contributed by atoms with van der Waals surface area (Å²) in [5.74, 6) is 3.19. The van der Waals surface area contributed by atoms with Gasteiger partial charge in [-0.3, -0.25) is 0 Å². The molecular formula is C19H20BrN9. The van der Waals surface area contributed by atoms with Crippen LogP contribution in [0.5, 0.6) is 0 Å². The number of nitrogens with zero attached hydrogens (tertiary/aromatic N) is 6. The standard InChI is InChI=1S/C19H20BrN9/c1-9-15(21)10-8-28(16(9)10)19-26-17-11(20)6-23-29(17)18(27-19)22-7-14-24-12-4-2-3-5-13(12)25-14/h2-6,9-10,15-16H,7-8,21H2,1H3,(H,24,25)(H,22,26,27)/t9-,10-,15-,16?/m1/s1. The number of nitrogens with one attached hydrogen (secondary N) is 2. The number of fused-ring (bicyclic) bond motifs is 3. The van der Waals surface area contributed by atoms with Crippen LogP contribution in [0.25, 0.3) is 16.7 Å². The largest absolute Gasteiger partial charge is 0.347 e. The first-order chi connectivity index (χ1) is 14.1. The summed E-state index contributed by atoms with van der Waals surface area (Å²) in [6.07, 6.45) is 1.74. The van der Waals surface area contributed by atoms with Crippen LogP contribution in [0.2, 0.25) is 0 Å². The second kappa shape index (κ2) is 6.14. The number of aromatic amines is 1. The Hall–Kier alpha value is -2.72. The number of aromatic nitrogens is 6. The quantitative estimate of drug-likeness (QED) is 0.433. The van der Waals surface area contributed by atoms with Gasteiger partial charge in [-0.05, 0) is 34.0 Å². The second-order valence-corrected chi connectivity index (χ2v) is 8.73. The fraction of sp³-hybridized carbons (Fsp3) is 0.368. The van der Waals surface area contributed by atoms with Gasteiger partial charge < -0.3 is 20.9 Å². The van der Waals surface area contributed by atoms with Crippen LogP contribution in [0.1, 0.15) is 12.7 Å². The van der Waals surface area contributed by atoms with Gasteiger partial charge in [0.1, 0.15) is 5.82 Å². The summed E-state index contributed by atoms with van der Waals surface area (Å²) in [5.41, 5.74) is 8.91. The lowest BCUT2D eigenvalue weighted by Gasteiger charge is -2.63. The first-order valence-electron chi connectivity index (χ1n) is 9.71. The molecule has 4 atom stereocenters. The van der Waals surface area contributed by atoms with Gasteiger partial charge in [-0.15, -0.1) is 0 Å². The molecule has 0 radical (unpaired) electrons. The lowest BCUT2D eigenvalue weighted by Crippen LogP contribution is -2.77. The number of H-pyrrole nitrogens is 1. The van der Waals surface area contributed by atoms with E-state index in [0.29, 0.717) is 36.3 Å². The summed E-state index contributed by atoms with van der Waals surface area (Å²) in [4.78, 5) is 19.7. The summed E-state index contributed by atoms with van der Waals surface area (Å²) in [6, 6.07) is 8.70. The zero-order valence-electron chi connectivity index (χ0n) is 15.7. The zero-order valence-corrected chi connectivity index (χ0v) is 17.3. The van der Waals surface area contributed by atoms with E-state index >= 15 is 0 Å². The third-order valence-electron chi connectivity index (χ3n) is 6.27. The van der Waals surface area contributed by atoms with Gasteiger partial charge in [0, 0.05) is 24.5 Å². The fourth-order valence-corrected chi connectivity index (χ4v) is 4.94. The molecule has 6 rings (SSSR count). The van der Waals surface area contributed by atoms with E-state index in [2.05, 4.69) is 48.1 Å². The Labute approximate surface area is 174 Å². The van der Waals surface area contributed by atoms with Gasteiger partial charge in [0.15, 0.2) is 5.65 Å². The monoisotopic (exact) mass is 453 g/mol. The van der Waals surface area contributed by atoms with Gasteiger partial charge in [-0.1, -0.05) is 19.1 Å². The van der Waals surface area contributed by atoms with Crippen molar-refractivity contribution in [3.63, 3.8) is 0 Å². The lowest BCUT2D eigenvalue weighted by atomic mass is 9.60. The molecule has 0 amide bonds. The van der Waals surface area contributed by atoms with Gasteiger partial charge in [0.2, 0.25) is 11.9 Å². The predicted octanol–water partition coefficient (Wildman–Crippen LogP) is 2.16. The fourth-order valence-electron chi connectivity index (χ4n) is 4.59. The second-order valence-electron chi connectivity index (χ2n) is 7.87. The molecule has 3 aromatic heterocycles.